The van der Waals surface area contributed by atoms with E-state index in [4.69, 9.17) is 16.7 Å². The van der Waals surface area contributed by atoms with Gasteiger partial charge in [-0.25, -0.2) is 9.18 Å². The topological polar surface area (TPSA) is 66.4 Å². The van der Waals surface area contributed by atoms with Gasteiger partial charge in [-0.3, -0.25) is 4.79 Å². The average Bonchev–Trinajstić information content (AvgIpc) is 2.51. The first-order valence-electron chi connectivity index (χ1n) is 6.61. The number of halogens is 4. The number of nitrogens with one attached hydrogen (secondary N) is 1. The van der Waals surface area contributed by atoms with Gasteiger partial charge < -0.3 is 10.4 Å². The van der Waals surface area contributed by atoms with Gasteiger partial charge >= 0.3 is 11.9 Å². The monoisotopic (exact) mass is 357 g/mol. The zero-order valence-electron chi connectivity index (χ0n) is 12.2. The van der Waals surface area contributed by atoms with Crippen LogP contribution in [0.1, 0.15) is 21.5 Å². The highest BCUT2D eigenvalue weighted by Crippen LogP contribution is 2.34. The largest absolute Gasteiger partial charge is 0.477 e. The fraction of sp³-hybridized carbons (Fsp3) is 0.125. The SMILES string of the molecule is Cc1cc(NC(=O)c2ccc(Cl)c(C(F)(F)C(=O)O)c2)ccc1F. The highest BCUT2D eigenvalue weighted by Gasteiger charge is 2.43. The second-order valence-corrected chi connectivity index (χ2v) is 5.40. The van der Waals surface area contributed by atoms with Gasteiger partial charge in [0.25, 0.3) is 5.91 Å². The van der Waals surface area contributed by atoms with Gasteiger partial charge in [-0.1, -0.05) is 11.6 Å². The van der Waals surface area contributed by atoms with E-state index in [0.29, 0.717) is 11.6 Å². The lowest BCUT2D eigenvalue weighted by Gasteiger charge is -2.14. The molecule has 0 aromatic heterocycles. The minimum absolute atomic E-state index is 0.211. The van der Waals surface area contributed by atoms with E-state index < -0.39 is 34.2 Å². The Hall–Kier alpha value is -2.54. The normalized spacial score (nSPS) is 11.2. The third-order valence-electron chi connectivity index (χ3n) is 3.25. The first-order valence-corrected chi connectivity index (χ1v) is 6.99. The number of rotatable bonds is 4. The summed E-state index contributed by atoms with van der Waals surface area (Å²) in [6, 6.07) is 6.73. The van der Waals surface area contributed by atoms with Crippen LogP contribution < -0.4 is 5.32 Å². The standard InChI is InChI=1S/C16H11ClF3NO3/c1-8-6-10(3-5-13(8)18)21-14(22)9-2-4-12(17)11(7-9)16(19,20)15(23)24/h2-7H,1H3,(H,21,22)(H,23,24). The summed E-state index contributed by atoms with van der Waals surface area (Å²) in [5.74, 6) is -7.83. The molecule has 0 atom stereocenters. The number of hydrogen-bond donors (Lipinski definition) is 2. The fourth-order valence-corrected chi connectivity index (χ4v) is 2.18. The second-order valence-electron chi connectivity index (χ2n) is 4.99. The Morgan fingerprint density at radius 3 is 2.42 bits per heavy atom. The second kappa shape index (κ2) is 6.52. The van der Waals surface area contributed by atoms with Crippen LogP contribution in [0.2, 0.25) is 5.02 Å². The molecular weight excluding hydrogens is 347 g/mol. The molecule has 0 bridgehead atoms. The fourth-order valence-electron chi connectivity index (χ4n) is 1.95. The third kappa shape index (κ3) is 3.51. The molecule has 2 N–H and O–H groups in total. The number of carboxylic acid groups (broad SMARTS) is 1. The molecule has 0 saturated carbocycles. The lowest BCUT2D eigenvalue weighted by molar-refractivity contribution is -0.166. The van der Waals surface area contributed by atoms with E-state index in [1.807, 2.05) is 0 Å². The molecule has 0 unspecified atom stereocenters. The average molecular weight is 358 g/mol. The molecule has 0 fully saturated rings. The number of carbonyl (C=O) groups is 2. The minimum atomic E-state index is -4.24. The van der Waals surface area contributed by atoms with Crippen molar-refractivity contribution in [2.45, 2.75) is 12.8 Å². The van der Waals surface area contributed by atoms with Gasteiger partial charge in [-0.2, -0.15) is 8.78 Å². The van der Waals surface area contributed by atoms with E-state index in [9.17, 15) is 22.8 Å². The van der Waals surface area contributed by atoms with Crippen molar-refractivity contribution in [2.75, 3.05) is 5.32 Å². The van der Waals surface area contributed by atoms with Gasteiger partial charge in [0.1, 0.15) is 5.82 Å². The first kappa shape index (κ1) is 17.8. The smallest absolute Gasteiger partial charge is 0.379 e. The van der Waals surface area contributed by atoms with Crippen molar-refractivity contribution in [1.29, 1.82) is 0 Å². The van der Waals surface area contributed by atoms with Crippen molar-refractivity contribution < 1.29 is 27.9 Å². The Balaban J connectivity index is 2.33. The van der Waals surface area contributed by atoms with Gasteiger partial charge in [-0.15, -0.1) is 0 Å². The lowest BCUT2D eigenvalue weighted by Crippen LogP contribution is -2.26. The number of anilines is 1. The molecule has 126 valence electrons. The maximum Gasteiger partial charge on any atom is 0.379 e. The summed E-state index contributed by atoms with van der Waals surface area (Å²) in [4.78, 5) is 22.8. The number of amides is 1. The van der Waals surface area contributed by atoms with E-state index in [1.54, 1.807) is 0 Å². The van der Waals surface area contributed by atoms with Crippen molar-refractivity contribution in [3.8, 4) is 0 Å². The Kier molecular flexibility index (Phi) is 4.84. The number of carboxylic acids is 1. The van der Waals surface area contributed by atoms with Gasteiger partial charge in [0, 0.05) is 11.3 Å². The Labute approximate surface area is 139 Å². The quantitative estimate of drug-likeness (QED) is 0.861. The summed E-state index contributed by atoms with van der Waals surface area (Å²) in [6.45, 7) is 1.50. The van der Waals surface area contributed by atoms with Crippen LogP contribution in [-0.4, -0.2) is 17.0 Å². The summed E-state index contributed by atoms with van der Waals surface area (Å²) in [6.07, 6.45) is 0. The predicted octanol–water partition coefficient (Wildman–Crippen LogP) is 4.22. The molecule has 2 aromatic rings. The number of carbonyl (C=O) groups excluding carboxylic acids is 1. The molecular formula is C16H11ClF3NO3. The molecule has 0 radical (unpaired) electrons. The summed E-state index contributed by atoms with van der Waals surface area (Å²) >= 11 is 5.61. The molecule has 2 aromatic carbocycles. The number of alkyl halides is 2. The van der Waals surface area contributed by atoms with Crippen LogP contribution in [0.4, 0.5) is 18.9 Å². The number of benzene rings is 2. The van der Waals surface area contributed by atoms with Crippen molar-refractivity contribution in [1.82, 2.24) is 0 Å². The molecule has 0 saturated heterocycles. The van der Waals surface area contributed by atoms with Crippen LogP contribution in [0, 0.1) is 12.7 Å². The predicted molar refractivity (Wildman–Crippen MR) is 82.1 cm³/mol. The number of aryl methyl sites for hydroxylation is 1. The molecule has 1 amide bonds. The highest BCUT2D eigenvalue weighted by molar-refractivity contribution is 6.31. The van der Waals surface area contributed by atoms with Crippen LogP contribution in [0.15, 0.2) is 36.4 Å². The zero-order valence-corrected chi connectivity index (χ0v) is 13.0. The molecule has 0 spiro atoms. The van der Waals surface area contributed by atoms with E-state index in [0.717, 1.165) is 12.1 Å². The van der Waals surface area contributed by atoms with Gasteiger partial charge in [-0.05, 0) is 48.9 Å². The van der Waals surface area contributed by atoms with Crippen molar-refractivity contribution >= 4 is 29.2 Å². The number of aliphatic carboxylic acids is 1. The minimum Gasteiger partial charge on any atom is -0.477 e. The Bertz CT molecular complexity index is 824. The molecule has 0 heterocycles. The summed E-state index contributed by atoms with van der Waals surface area (Å²) in [7, 11) is 0. The molecule has 4 nitrogen and oxygen atoms in total. The lowest BCUT2D eigenvalue weighted by atomic mass is 10.0. The maximum atomic E-state index is 13.6. The molecule has 2 rings (SSSR count). The molecule has 24 heavy (non-hydrogen) atoms. The van der Waals surface area contributed by atoms with Gasteiger partial charge in [0.05, 0.1) is 10.6 Å². The van der Waals surface area contributed by atoms with Gasteiger partial charge in [0.2, 0.25) is 0 Å². The van der Waals surface area contributed by atoms with Crippen LogP contribution in [0.5, 0.6) is 0 Å². The third-order valence-corrected chi connectivity index (χ3v) is 3.58. The van der Waals surface area contributed by atoms with Gasteiger partial charge in [0.15, 0.2) is 0 Å². The van der Waals surface area contributed by atoms with Crippen LogP contribution in [0.3, 0.4) is 0 Å². The Morgan fingerprint density at radius 2 is 1.83 bits per heavy atom. The Morgan fingerprint density at radius 1 is 1.17 bits per heavy atom. The highest BCUT2D eigenvalue weighted by atomic mass is 35.5. The zero-order chi connectivity index (χ0) is 18.1. The van der Waals surface area contributed by atoms with E-state index in [-0.39, 0.29) is 11.3 Å². The van der Waals surface area contributed by atoms with Crippen LogP contribution in [0.25, 0.3) is 0 Å². The van der Waals surface area contributed by atoms with E-state index >= 15 is 0 Å². The molecule has 0 aliphatic carbocycles. The number of hydrogen-bond acceptors (Lipinski definition) is 2. The van der Waals surface area contributed by atoms with Crippen molar-refractivity contribution in [3.63, 3.8) is 0 Å². The summed E-state index contributed by atoms with van der Waals surface area (Å²) in [5, 5.41) is 10.5. The van der Waals surface area contributed by atoms with Crippen molar-refractivity contribution in [3.05, 3.63) is 63.9 Å². The molecule has 0 aliphatic heterocycles. The summed E-state index contributed by atoms with van der Waals surface area (Å²) < 4.78 is 40.5. The molecule has 8 heteroatoms. The molecule has 0 aliphatic rings. The summed E-state index contributed by atoms with van der Waals surface area (Å²) in [5.41, 5.74) is -0.640. The van der Waals surface area contributed by atoms with Crippen molar-refractivity contribution in [2.24, 2.45) is 0 Å². The van der Waals surface area contributed by atoms with Crippen LogP contribution in [-0.2, 0) is 10.7 Å². The van der Waals surface area contributed by atoms with E-state index in [2.05, 4.69) is 5.32 Å². The maximum absolute atomic E-state index is 13.6. The van der Waals surface area contributed by atoms with Crippen LogP contribution >= 0.6 is 11.6 Å². The van der Waals surface area contributed by atoms with E-state index in [1.165, 1.54) is 25.1 Å². The first-order chi connectivity index (χ1) is 11.1.